The molecule has 0 amide bonds. The molecule has 158 valence electrons. The smallest absolute Gasteiger partial charge is 0.257 e. The number of hydrogen-bond acceptors (Lipinski definition) is 7. The number of benzene rings is 3. The van der Waals surface area contributed by atoms with Gasteiger partial charge in [0.15, 0.2) is 5.82 Å². The predicted molar refractivity (Wildman–Crippen MR) is 117 cm³/mol. The van der Waals surface area contributed by atoms with E-state index in [0.717, 1.165) is 0 Å². The lowest BCUT2D eigenvalue weighted by atomic mass is 10.0. The van der Waals surface area contributed by atoms with E-state index in [9.17, 15) is 16.8 Å². The van der Waals surface area contributed by atoms with Gasteiger partial charge in [0.1, 0.15) is 5.69 Å². The first-order valence-corrected chi connectivity index (χ1v) is 12.0. The van der Waals surface area contributed by atoms with Crippen molar-refractivity contribution in [1.29, 1.82) is 0 Å². The molecule has 0 fully saturated rings. The maximum Gasteiger partial charge on any atom is 0.257 e. The predicted octanol–water partition coefficient (Wildman–Crippen LogP) is 2.25. The van der Waals surface area contributed by atoms with Gasteiger partial charge in [-0.3, -0.25) is 5.43 Å². The molecule has 0 atom stereocenters. The van der Waals surface area contributed by atoms with Gasteiger partial charge in [-0.2, -0.15) is 0 Å². The van der Waals surface area contributed by atoms with Crippen molar-refractivity contribution in [3.63, 3.8) is 0 Å². The van der Waals surface area contributed by atoms with Crippen molar-refractivity contribution in [3.8, 4) is 11.3 Å². The van der Waals surface area contributed by atoms with Gasteiger partial charge in [0, 0.05) is 16.3 Å². The first-order chi connectivity index (χ1) is 14.8. The lowest BCUT2D eigenvalue weighted by Gasteiger charge is -2.12. The molecule has 9 nitrogen and oxygen atoms in total. The number of anilines is 1. The summed E-state index contributed by atoms with van der Waals surface area (Å²) in [4.78, 5) is 2.34. The fraction of sp³-hybridized carbons (Fsp3) is 0. The molecule has 1 heterocycles. The number of hydrazine groups is 1. The molecule has 0 bridgehead atoms. The topological polar surface area (TPSA) is 144 Å². The number of hydrogen-bond donors (Lipinski definition) is 3. The van der Waals surface area contributed by atoms with Crippen LogP contribution in [0, 0.1) is 0 Å². The molecule has 0 spiro atoms. The highest BCUT2D eigenvalue weighted by Gasteiger charge is 2.17. The van der Waals surface area contributed by atoms with E-state index < -0.39 is 20.0 Å². The second-order valence-electron chi connectivity index (χ2n) is 6.56. The zero-order valence-corrected chi connectivity index (χ0v) is 17.6. The highest BCUT2D eigenvalue weighted by atomic mass is 32.2. The summed E-state index contributed by atoms with van der Waals surface area (Å²) in [5, 5.41) is 14.8. The van der Waals surface area contributed by atoms with Gasteiger partial charge in [-0.05, 0) is 24.3 Å². The van der Waals surface area contributed by atoms with Crippen molar-refractivity contribution in [2.24, 2.45) is 5.14 Å². The third kappa shape index (κ3) is 4.39. The van der Waals surface area contributed by atoms with Crippen LogP contribution < -0.4 is 15.4 Å². The summed E-state index contributed by atoms with van der Waals surface area (Å²) < 4.78 is 48.3. The van der Waals surface area contributed by atoms with Crippen LogP contribution >= 0.6 is 0 Å². The van der Waals surface area contributed by atoms with Gasteiger partial charge in [0.05, 0.1) is 9.79 Å². The molecule has 0 saturated heterocycles. The van der Waals surface area contributed by atoms with E-state index in [2.05, 4.69) is 20.5 Å². The Morgan fingerprint density at radius 2 is 1.35 bits per heavy atom. The number of primary sulfonamides is 1. The van der Waals surface area contributed by atoms with Crippen molar-refractivity contribution in [1.82, 2.24) is 15.0 Å². The molecule has 11 heteroatoms. The monoisotopic (exact) mass is 455 g/mol. The summed E-state index contributed by atoms with van der Waals surface area (Å²) in [7, 11) is -7.70. The van der Waals surface area contributed by atoms with Crippen molar-refractivity contribution < 1.29 is 16.8 Å². The summed E-state index contributed by atoms with van der Waals surface area (Å²) in [6.45, 7) is 0. The Morgan fingerprint density at radius 1 is 0.710 bits per heavy atom. The average Bonchev–Trinajstić information content (AvgIpc) is 2.77. The highest BCUT2D eigenvalue weighted by Crippen LogP contribution is 2.30. The molecule has 4 aromatic rings. The average molecular weight is 456 g/mol. The zero-order valence-electron chi connectivity index (χ0n) is 15.9. The normalized spacial score (nSPS) is 12.0. The Kier molecular flexibility index (Phi) is 5.41. The van der Waals surface area contributed by atoms with E-state index in [-0.39, 0.29) is 15.6 Å². The molecular weight excluding hydrogens is 438 g/mol. The Hall–Kier alpha value is -3.38. The van der Waals surface area contributed by atoms with E-state index in [1.807, 2.05) is 0 Å². The van der Waals surface area contributed by atoms with E-state index in [0.29, 0.717) is 22.0 Å². The van der Waals surface area contributed by atoms with Gasteiger partial charge in [0.2, 0.25) is 10.0 Å². The number of nitrogens with zero attached hydrogens (tertiary/aromatic N) is 2. The van der Waals surface area contributed by atoms with E-state index in [4.69, 9.17) is 5.14 Å². The van der Waals surface area contributed by atoms with Gasteiger partial charge in [0.25, 0.3) is 10.0 Å². The molecule has 0 aliphatic rings. The minimum atomic E-state index is -3.88. The Balaban J connectivity index is 1.73. The quantitative estimate of drug-likeness (QED) is 0.378. The first-order valence-electron chi connectivity index (χ1n) is 8.97. The van der Waals surface area contributed by atoms with Crippen LogP contribution in [0.15, 0.2) is 88.7 Å². The minimum Gasteiger partial charge on any atom is -0.290 e. The summed E-state index contributed by atoms with van der Waals surface area (Å²) in [5.74, 6) is 0.196. The van der Waals surface area contributed by atoms with Crippen molar-refractivity contribution in [2.75, 3.05) is 5.43 Å². The van der Waals surface area contributed by atoms with Gasteiger partial charge < -0.3 is 0 Å². The number of aromatic nitrogens is 2. The van der Waals surface area contributed by atoms with Gasteiger partial charge in [-0.15, -0.1) is 15.0 Å². The first kappa shape index (κ1) is 20.9. The minimum absolute atomic E-state index is 0.0475. The van der Waals surface area contributed by atoms with Crippen LogP contribution in [0.3, 0.4) is 0 Å². The zero-order chi connectivity index (χ0) is 22.1. The lowest BCUT2D eigenvalue weighted by molar-refractivity contribution is 0.587. The maximum absolute atomic E-state index is 12.5. The fourth-order valence-corrected chi connectivity index (χ4v) is 4.43. The summed E-state index contributed by atoms with van der Waals surface area (Å²) in [5.41, 5.74) is 3.55. The number of fused-ring (bicyclic) bond motifs is 1. The second kappa shape index (κ2) is 8.04. The molecule has 0 radical (unpaired) electrons. The van der Waals surface area contributed by atoms with E-state index in [1.165, 1.54) is 24.3 Å². The number of sulfonamides is 2. The molecule has 4 N–H and O–H groups in total. The van der Waals surface area contributed by atoms with Crippen LogP contribution in [0.4, 0.5) is 5.82 Å². The second-order valence-corrected chi connectivity index (χ2v) is 9.80. The van der Waals surface area contributed by atoms with Crippen LogP contribution in [-0.2, 0) is 20.0 Å². The van der Waals surface area contributed by atoms with E-state index >= 15 is 0 Å². The number of nitrogens with one attached hydrogen (secondary N) is 2. The Labute approximate surface area is 179 Å². The highest BCUT2D eigenvalue weighted by molar-refractivity contribution is 7.89. The molecule has 0 unspecified atom stereocenters. The molecule has 0 saturated carbocycles. The van der Waals surface area contributed by atoms with Crippen LogP contribution in [0.5, 0.6) is 0 Å². The third-order valence-electron chi connectivity index (χ3n) is 4.48. The van der Waals surface area contributed by atoms with E-state index in [1.54, 1.807) is 54.6 Å². The SMILES string of the molecule is NS(=O)(=O)c1cccc(-c2nnc(NNS(=O)(=O)c3ccccc3)c3ccccc23)c1. The molecule has 0 aliphatic heterocycles. The maximum atomic E-state index is 12.5. The van der Waals surface area contributed by atoms with Crippen LogP contribution in [-0.4, -0.2) is 27.0 Å². The van der Waals surface area contributed by atoms with Crippen molar-refractivity contribution in [2.45, 2.75) is 9.79 Å². The van der Waals surface area contributed by atoms with Crippen LogP contribution in [0.1, 0.15) is 0 Å². The molecule has 1 aromatic heterocycles. The fourth-order valence-electron chi connectivity index (χ4n) is 3.00. The molecular formula is C20H17N5O4S2. The summed E-state index contributed by atoms with van der Waals surface area (Å²) in [6, 6.07) is 21.0. The Morgan fingerprint density at radius 3 is 2.06 bits per heavy atom. The number of nitrogens with two attached hydrogens (primary N) is 1. The van der Waals surface area contributed by atoms with Crippen LogP contribution in [0.25, 0.3) is 22.0 Å². The standard InChI is InChI=1S/C20H17N5O4S2/c21-30(26,27)16-10-6-7-14(13-16)19-17-11-4-5-12-18(17)20(23-22-19)24-25-31(28,29)15-8-2-1-3-9-15/h1-13,25H,(H,23,24)(H2,21,26,27). The molecule has 0 aliphatic carbocycles. The summed E-state index contributed by atoms with van der Waals surface area (Å²) in [6.07, 6.45) is 0. The Bertz CT molecular complexity index is 1470. The van der Waals surface area contributed by atoms with Crippen LogP contribution in [0.2, 0.25) is 0 Å². The largest absolute Gasteiger partial charge is 0.290 e. The van der Waals surface area contributed by atoms with Gasteiger partial charge in [-0.1, -0.05) is 54.6 Å². The summed E-state index contributed by atoms with van der Waals surface area (Å²) >= 11 is 0. The third-order valence-corrected chi connectivity index (χ3v) is 6.66. The van der Waals surface area contributed by atoms with Crippen molar-refractivity contribution in [3.05, 3.63) is 78.9 Å². The lowest BCUT2D eigenvalue weighted by Crippen LogP contribution is -2.30. The van der Waals surface area contributed by atoms with Crippen molar-refractivity contribution >= 4 is 36.6 Å². The molecule has 31 heavy (non-hydrogen) atoms. The molecule has 3 aromatic carbocycles. The molecule has 4 rings (SSSR count). The van der Waals surface area contributed by atoms with Gasteiger partial charge in [-0.25, -0.2) is 22.0 Å². The van der Waals surface area contributed by atoms with Gasteiger partial charge >= 0.3 is 0 Å². The number of rotatable bonds is 6.